The van der Waals surface area contributed by atoms with E-state index in [0.29, 0.717) is 11.0 Å². The van der Waals surface area contributed by atoms with E-state index in [-0.39, 0.29) is 18.2 Å². The van der Waals surface area contributed by atoms with Crippen molar-refractivity contribution in [3.8, 4) is 0 Å². The molecule has 3 rings (SSSR count). The zero-order chi connectivity index (χ0) is 15.5. The average Bonchev–Trinajstić information content (AvgIpc) is 2.55. The molecular formula is C15H12F2N4O. The molecule has 0 amide bonds. The van der Waals surface area contributed by atoms with Gasteiger partial charge in [-0.1, -0.05) is 0 Å². The Bertz CT molecular complexity index is 812. The summed E-state index contributed by atoms with van der Waals surface area (Å²) in [5.74, 6) is -1.11. The molecule has 5 nitrogen and oxygen atoms in total. The summed E-state index contributed by atoms with van der Waals surface area (Å²) in [6.45, 7) is 1.97. The summed E-state index contributed by atoms with van der Waals surface area (Å²) >= 11 is 0. The molecule has 2 aromatic heterocycles. The highest BCUT2D eigenvalue weighted by Crippen LogP contribution is 2.27. The van der Waals surface area contributed by atoms with Crippen LogP contribution in [0.25, 0.3) is 11.0 Å². The third kappa shape index (κ3) is 2.71. The maximum atomic E-state index is 14.0. The van der Waals surface area contributed by atoms with Crippen molar-refractivity contribution in [1.29, 1.82) is 0 Å². The smallest absolute Gasteiger partial charge is 0.255 e. The number of hydrogen-bond acceptors (Lipinski definition) is 5. The lowest BCUT2D eigenvalue weighted by Gasteiger charge is -2.21. The minimum Gasteiger partial charge on any atom is -0.266 e. The molecule has 22 heavy (non-hydrogen) atoms. The van der Waals surface area contributed by atoms with Crippen molar-refractivity contribution in [3.05, 3.63) is 54.4 Å². The Balaban J connectivity index is 2.11. The summed E-state index contributed by atoms with van der Waals surface area (Å²) in [6, 6.07) is 6.57. The second-order valence-electron chi connectivity index (χ2n) is 4.39. The van der Waals surface area contributed by atoms with Gasteiger partial charge in [0.2, 0.25) is 0 Å². The molecular weight excluding hydrogens is 290 g/mol. The summed E-state index contributed by atoms with van der Waals surface area (Å²) < 4.78 is 27.4. The molecule has 3 aromatic rings. The van der Waals surface area contributed by atoms with Gasteiger partial charge in [-0.25, -0.2) is 18.7 Å². The van der Waals surface area contributed by atoms with Crippen LogP contribution in [0.2, 0.25) is 0 Å². The van der Waals surface area contributed by atoms with Crippen molar-refractivity contribution in [2.24, 2.45) is 0 Å². The number of rotatable bonds is 4. The molecule has 0 saturated carbocycles. The largest absolute Gasteiger partial charge is 0.266 e. The molecule has 1 aromatic carbocycles. The van der Waals surface area contributed by atoms with Gasteiger partial charge in [-0.05, 0) is 31.2 Å². The number of benzene rings is 1. The minimum atomic E-state index is -0.635. The fraction of sp³-hybridized carbons (Fsp3) is 0.133. The van der Waals surface area contributed by atoms with E-state index in [2.05, 4.69) is 15.0 Å². The lowest BCUT2D eigenvalue weighted by molar-refractivity contribution is 0.144. The predicted molar refractivity (Wildman–Crippen MR) is 77.5 cm³/mol. The first-order chi connectivity index (χ1) is 10.7. The maximum absolute atomic E-state index is 14.0. The van der Waals surface area contributed by atoms with Crippen molar-refractivity contribution < 1.29 is 13.6 Å². The number of halogens is 2. The number of pyridine rings is 1. The monoisotopic (exact) mass is 302 g/mol. The molecule has 2 heterocycles. The van der Waals surface area contributed by atoms with Crippen LogP contribution < -0.4 is 5.06 Å². The summed E-state index contributed by atoms with van der Waals surface area (Å²) in [5.41, 5.74) is 1.08. The van der Waals surface area contributed by atoms with Crippen LogP contribution in [0.5, 0.6) is 0 Å². The fourth-order valence-electron chi connectivity index (χ4n) is 1.96. The van der Waals surface area contributed by atoms with Crippen LogP contribution in [0.4, 0.5) is 20.4 Å². The van der Waals surface area contributed by atoms with Crippen LogP contribution >= 0.6 is 0 Å². The molecule has 0 unspecified atom stereocenters. The molecule has 0 aliphatic carbocycles. The molecule has 0 saturated heterocycles. The zero-order valence-corrected chi connectivity index (χ0v) is 11.7. The van der Waals surface area contributed by atoms with E-state index in [4.69, 9.17) is 4.84 Å². The van der Waals surface area contributed by atoms with Gasteiger partial charge in [0, 0.05) is 12.3 Å². The molecule has 0 N–H and O–H groups in total. The molecule has 0 atom stereocenters. The van der Waals surface area contributed by atoms with Gasteiger partial charge in [0.05, 0.1) is 18.3 Å². The van der Waals surface area contributed by atoms with E-state index in [1.54, 1.807) is 25.3 Å². The molecule has 112 valence electrons. The van der Waals surface area contributed by atoms with E-state index in [1.807, 2.05) is 0 Å². The van der Waals surface area contributed by atoms with E-state index < -0.39 is 11.6 Å². The Labute approximate surface area is 125 Å². The first-order valence-corrected chi connectivity index (χ1v) is 6.65. The Morgan fingerprint density at radius 2 is 2.00 bits per heavy atom. The van der Waals surface area contributed by atoms with Crippen LogP contribution in [0.1, 0.15) is 6.92 Å². The topological polar surface area (TPSA) is 51.1 Å². The van der Waals surface area contributed by atoms with Crippen LogP contribution in [-0.2, 0) is 4.84 Å². The highest BCUT2D eigenvalue weighted by molar-refractivity contribution is 5.74. The van der Waals surface area contributed by atoms with Crippen LogP contribution in [0.3, 0.4) is 0 Å². The van der Waals surface area contributed by atoms with Crippen molar-refractivity contribution in [2.75, 3.05) is 11.7 Å². The van der Waals surface area contributed by atoms with Gasteiger partial charge >= 0.3 is 0 Å². The standard InChI is InChI=1S/C15H12F2N4O/c1-2-22-21(14-8-10(16)5-6-11(14)17)15-19-9-13-12(20-15)4-3-7-18-13/h3-9H,2H2,1H3. The van der Waals surface area contributed by atoms with Crippen molar-refractivity contribution in [1.82, 2.24) is 15.0 Å². The number of anilines is 2. The van der Waals surface area contributed by atoms with Crippen LogP contribution in [0.15, 0.2) is 42.7 Å². The average molecular weight is 302 g/mol. The summed E-state index contributed by atoms with van der Waals surface area (Å²) in [5, 5.41) is 1.07. The molecule has 0 aliphatic rings. The number of fused-ring (bicyclic) bond motifs is 1. The van der Waals surface area contributed by atoms with E-state index in [0.717, 1.165) is 23.3 Å². The van der Waals surface area contributed by atoms with Gasteiger partial charge < -0.3 is 0 Å². The quantitative estimate of drug-likeness (QED) is 0.691. The number of nitrogens with zero attached hydrogens (tertiary/aromatic N) is 4. The van der Waals surface area contributed by atoms with Gasteiger partial charge in [0.15, 0.2) is 0 Å². The summed E-state index contributed by atoms with van der Waals surface area (Å²) in [7, 11) is 0. The lowest BCUT2D eigenvalue weighted by atomic mass is 10.3. The van der Waals surface area contributed by atoms with Crippen molar-refractivity contribution in [2.45, 2.75) is 6.92 Å². The highest BCUT2D eigenvalue weighted by atomic mass is 19.1. The third-order valence-electron chi connectivity index (χ3n) is 2.91. The lowest BCUT2D eigenvalue weighted by Crippen LogP contribution is -2.21. The normalized spacial score (nSPS) is 10.9. The van der Waals surface area contributed by atoms with Gasteiger partial charge in [0.25, 0.3) is 5.95 Å². The first kappa shape index (κ1) is 14.3. The van der Waals surface area contributed by atoms with E-state index in [1.165, 1.54) is 6.20 Å². The van der Waals surface area contributed by atoms with E-state index in [9.17, 15) is 8.78 Å². The molecule has 0 spiro atoms. The number of hydrogen-bond donors (Lipinski definition) is 0. The van der Waals surface area contributed by atoms with Gasteiger partial charge in [0.1, 0.15) is 22.8 Å². The molecule has 0 radical (unpaired) electrons. The van der Waals surface area contributed by atoms with Crippen molar-refractivity contribution >= 4 is 22.7 Å². The number of aromatic nitrogens is 3. The van der Waals surface area contributed by atoms with Crippen LogP contribution in [-0.4, -0.2) is 21.6 Å². The van der Waals surface area contributed by atoms with E-state index >= 15 is 0 Å². The fourth-order valence-corrected chi connectivity index (χ4v) is 1.96. The van der Waals surface area contributed by atoms with Crippen LogP contribution in [0, 0.1) is 11.6 Å². The Morgan fingerprint density at radius 3 is 2.82 bits per heavy atom. The molecule has 0 aliphatic heterocycles. The highest BCUT2D eigenvalue weighted by Gasteiger charge is 2.18. The Morgan fingerprint density at radius 1 is 1.14 bits per heavy atom. The maximum Gasteiger partial charge on any atom is 0.255 e. The molecule has 7 heteroatoms. The van der Waals surface area contributed by atoms with Gasteiger partial charge in [-0.2, -0.15) is 5.06 Å². The molecule has 0 fully saturated rings. The predicted octanol–water partition coefficient (Wildman–Crippen LogP) is 3.39. The van der Waals surface area contributed by atoms with Gasteiger partial charge in [-0.3, -0.25) is 9.82 Å². The molecule has 0 bridgehead atoms. The van der Waals surface area contributed by atoms with Crippen molar-refractivity contribution in [3.63, 3.8) is 0 Å². The summed E-state index contributed by atoms with van der Waals surface area (Å²) in [6.07, 6.45) is 3.12. The SMILES string of the molecule is CCON(c1ncc2ncccc2n1)c1cc(F)ccc1F. The first-order valence-electron chi connectivity index (χ1n) is 6.65. The minimum absolute atomic E-state index is 0.0925. The van der Waals surface area contributed by atoms with Gasteiger partial charge in [-0.15, -0.1) is 0 Å². The summed E-state index contributed by atoms with van der Waals surface area (Å²) in [4.78, 5) is 17.9. The zero-order valence-electron chi connectivity index (χ0n) is 11.7. The Hall–Kier alpha value is -2.67. The second-order valence-corrected chi connectivity index (χ2v) is 4.39. The third-order valence-corrected chi connectivity index (χ3v) is 2.91. The second kappa shape index (κ2) is 5.98. The Kier molecular flexibility index (Phi) is 3.88.